The van der Waals surface area contributed by atoms with Crippen molar-refractivity contribution < 1.29 is 9.53 Å². The van der Waals surface area contributed by atoms with Crippen molar-refractivity contribution in [1.29, 1.82) is 0 Å². The lowest BCUT2D eigenvalue weighted by Crippen LogP contribution is -2.46. The average molecular weight is 298 g/mol. The van der Waals surface area contributed by atoms with Gasteiger partial charge in [-0.05, 0) is 64.8 Å². The number of hydrogen-bond donors (Lipinski definition) is 2. The minimum atomic E-state index is -0.427. The Kier molecular flexibility index (Phi) is 6.98. The van der Waals surface area contributed by atoms with Gasteiger partial charge in [-0.15, -0.1) is 0 Å². The molecule has 1 saturated carbocycles. The van der Waals surface area contributed by atoms with Gasteiger partial charge in [0.15, 0.2) is 0 Å². The van der Waals surface area contributed by atoms with Gasteiger partial charge in [-0.3, -0.25) is 0 Å². The van der Waals surface area contributed by atoms with Crippen molar-refractivity contribution in [3.63, 3.8) is 0 Å². The van der Waals surface area contributed by atoms with Gasteiger partial charge >= 0.3 is 6.09 Å². The Hall–Kier alpha value is -0.770. The molecule has 1 fully saturated rings. The van der Waals surface area contributed by atoms with Crippen LogP contribution in [0.25, 0.3) is 0 Å². The molecule has 4 heteroatoms. The summed E-state index contributed by atoms with van der Waals surface area (Å²) < 4.78 is 5.33. The molecule has 0 aliphatic heterocycles. The molecule has 0 aromatic rings. The Morgan fingerprint density at radius 2 is 1.81 bits per heavy atom. The van der Waals surface area contributed by atoms with E-state index in [9.17, 15) is 4.79 Å². The van der Waals surface area contributed by atoms with Crippen molar-refractivity contribution in [2.45, 2.75) is 84.9 Å². The molecule has 0 heterocycles. The summed E-state index contributed by atoms with van der Waals surface area (Å²) in [5, 5.41) is 6.68. The van der Waals surface area contributed by atoms with Crippen LogP contribution in [-0.2, 0) is 4.74 Å². The van der Waals surface area contributed by atoms with Crippen LogP contribution in [0, 0.1) is 11.8 Å². The fourth-order valence-corrected chi connectivity index (χ4v) is 2.57. The highest BCUT2D eigenvalue weighted by Crippen LogP contribution is 2.20. The lowest BCUT2D eigenvalue weighted by molar-refractivity contribution is 0.0488. The first-order chi connectivity index (χ1) is 9.67. The number of hydrogen-bond acceptors (Lipinski definition) is 3. The van der Waals surface area contributed by atoms with Gasteiger partial charge in [-0.25, -0.2) is 4.79 Å². The quantitative estimate of drug-likeness (QED) is 0.813. The third-order valence-electron chi connectivity index (χ3n) is 4.26. The maximum absolute atomic E-state index is 11.8. The SMILES string of the molecule is CC(C)C(C)CNC1CCCC(NC(=O)OC(C)(C)C)C1. The van der Waals surface area contributed by atoms with Crippen LogP contribution in [0.3, 0.4) is 0 Å². The number of carbonyl (C=O) groups excluding carboxylic acids is 1. The van der Waals surface area contributed by atoms with E-state index in [1.165, 1.54) is 6.42 Å². The molecule has 2 N–H and O–H groups in total. The van der Waals surface area contributed by atoms with Gasteiger partial charge < -0.3 is 15.4 Å². The molecule has 0 saturated heterocycles. The third kappa shape index (κ3) is 7.70. The molecule has 0 radical (unpaired) electrons. The normalized spacial score (nSPS) is 24.7. The molecule has 21 heavy (non-hydrogen) atoms. The number of ether oxygens (including phenoxy) is 1. The Bertz CT molecular complexity index is 323. The van der Waals surface area contributed by atoms with E-state index in [0.717, 1.165) is 25.8 Å². The minimum Gasteiger partial charge on any atom is -0.444 e. The van der Waals surface area contributed by atoms with Crippen molar-refractivity contribution in [1.82, 2.24) is 10.6 Å². The van der Waals surface area contributed by atoms with Crippen LogP contribution in [-0.4, -0.2) is 30.3 Å². The average Bonchev–Trinajstić information content (AvgIpc) is 2.33. The molecule has 1 rings (SSSR count). The van der Waals surface area contributed by atoms with Crippen LogP contribution >= 0.6 is 0 Å². The molecule has 0 aromatic heterocycles. The maximum atomic E-state index is 11.8. The largest absolute Gasteiger partial charge is 0.444 e. The first-order valence-electron chi connectivity index (χ1n) is 8.40. The van der Waals surface area contributed by atoms with Crippen molar-refractivity contribution in [2.24, 2.45) is 11.8 Å². The van der Waals surface area contributed by atoms with Crippen LogP contribution < -0.4 is 10.6 Å². The molecule has 0 aromatic carbocycles. The molecule has 3 unspecified atom stereocenters. The summed E-state index contributed by atoms with van der Waals surface area (Å²) in [5.41, 5.74) is -0.427. The van der Waals surface area contributed by atoms with Gasteiger partial charge in [0.05, 0.1) is 0 Å². The van der Waals surface area contributed by atoms with Gasteiger partial charge in [0.1, 0.15) is 5.60 Å². The summed E-state index contributed by atoms with van der Waals surface area (Å²) in [7, 11) is 0. The van der Waals surface area contributed by atoms with Crippen molar-refractivity contribution >= 4 is 6.09 Å². The highest BCUT2D eigenvalue weighted by atomic mass is 16.6. The standard InChI is InChI=1S/C17H34N2O2/c1-12(2)13(3)11-18-14-8-7-9-15(10-14)19-16(20)21-17(4,5)6/h12-15,18H,7-11H2,1-6H3,(H,19,20). The monoisotopic (exact) mass is 298 g/mol. The van der Waals surface area contributed by atoms with Crippen LogP contribution in [0.2, 0.25) is 0 Å². The first kappa shape index (κ1) is 18.3. The van der Waals surface area contributed by atoms with Crippen molar-refractivity contribution in [3.8, 4) is 0 Å². The van der Waals surface area contributed by atoms with E-state index >= 15 is 0 Å². The summed E-state index contributed by atoms with van der Waals surface area (Å²) in [6.07, 6.45) is 4.14. The zero-order valence-corrected chi connectivity index (χ0v) is 14.7. The number of nitrogens with one attached hydrogen (secondary N) is 2. The zero-order valence-electron chi connectivity index (χ0n) is 14.7. The summed E-state index contributed by atoms with van der Waals surface area (Å²) >= 11 is 0. The summed E-state index contributed by atoms with van der Waals surface area (Å²) in [6, 6.07) is 0.750. The second-order valence-corrected chi connectivity index (χ2v) is 7.84. The lowest BCUT2D eigenvalue weighted by Gasteiger charge is -2.32. The Labute approximate surface area is 130 Å². The Morgan fingerprint density at radius 3 is 2.38 bits per heavy atom. The van der Waals surface area contributed by atoms with Crippen molar-refractivity contribution in [3.05, 3.63) is 0 Å². The molecule has 1 aliphatic carbocycles. The second-order valence-electron chi connectivity index (χ2n) is 7.84. The summed E-state index contributed by atoms with van der Waals surface area (Å²) in [4.78, 5) is 11.8. The fourth-order valence-electron chi connectivity index (χ4n) is 2.57. The minimum absolute atomic E-state index is 0.237. The predicted molar refractivity (Wildman–Crippen MR) is 87.4 cm³/mol. The highest BCUT2D eigenvalue weighted by molar-refractivity contribution is 5.68. The van der Waals surface area contributed by atoms with E-state index in [1.807, 2.05) is 20.8 Å². The van der Waals surface area contributed by atoms with E-state index in [2.05, 4.69) is 31.4 Å². The van der Waals surface area contributed by atoms with Crippen LogP contribution in [0.1, 0.15) is 67.2 Å². The van der Waals surface area contributed by atoms with Crippen LogP contribution in [0.4, 0.5) is 4.79 Å². The maximum Gasteiger partial charge on any atom is 0.407 e. The molecular weight excluding hydrogens is 264 g/mol. The van der Waals surface area contributed by atoms with Gasteiger partial charge in [-0.2, -0.15) is 0 Å². The second kappa shape index (κ2) is 8.02. The van der Waals surface area contributed by atoms with E-state index in [-0.39, 0.29) is 12.1 Å². The van der Waals surface area contributed by atoms with Gasteiger partial charge in [-0.1, -0.05) is 20.8 Å². The van der Waals surface area contributed by atoms with E-state index in [0.29, 0.717) is 17.9 Å². The molecular formula is C17H34N2O2. The first-order valence-corrected chi connectivity index (χ1v) is 8.40. The smallest absolute Gasteiger partial charge is 0.407 e. The van der Waals surface area contributed by atoms with E-state index in [4.69, 9.17) is 4.74 Å². The van der Waals surface area contributed by atoms with Crippen LogP contribution in [0.5, 0.6) is 0 Å². The molecule has 1 aliphatic rings. The Morgan fingerprint density at radius 1 is 1.19 bits per heavy atom. The predicted octanol–water partition coefficient (Wildman–Crippen LogP) is 3.70. The number of alkyl carbamates (subject to hydrolysis) is 1. The summed E-state index contributed by atoms with van der Waals surface area (Å²) in [6.45, 7) is 13.6. The molecule has 1 amide bonds. The lowest BCUT2D eigenvalue weighted by atomic mass is 9.90. The number of amides is 1. The van der Waals surface area contributed by atoms with Gasteiger partial charge in [0.2, 0.25) is 0 Å². The van der Waals surface area contributed by atoms with Gasteiger partial charge in [0.25, 0.3) is 0 Å². The molecule has 0 spiro atoms. The fraction of sp³-hybridized carbons (Fsp3) is 0.941. The Balaban J connectivity index is 2.33. The highest BCUT2D eigenvalue weighted by Gasteiger charge is 2.25. The van der Waals surface area contributed by atoms with Gasteiger partial charge in [0, 0.05) is 12.1 Å². The van der Waals surface area contributed by atoms with Crippen molar-refractivity contribution in [2.75, 3.05) is 6.54 Å². The molecule has 4 nitrogen and oxygen atoms in total. The summed E-state index contributed by atoms with van der Waals surface area (Å²) in [5.74, 6) is 1.39. The third-order valence-corrected chi connectivity index (χ3v) is 4.26. The molecule has 3 atom stereocenters. The number of rotatable bonds is 5. The van der Waals surface area contributed by atoms with E-state index in [1.54, 1.807) is 0 Å². The topological polar surface area (TPSA) is 50.4 Å². The molecule has 124 valence electrons. The number of carbonyl (C=O) groups is 1. The van der Waals surface area contributed by atoms with Crippen LogP contribution in [0.15, 0.2) is 0 Å². The zero-order chi connectivity index (χ0) is 16.0. The molecule has 0 bridgehead atoms. The van der Waals surface area contributed by atoms with E-state index < -0.39 is 5.60 Å².